The Morgan fingerprint density at radius 1 is 1.08 bits per heavy atom. The monoisotopic (exact) mass is 374 g/mol. The van der Waals surface area contributed by atoms with E-state index in [1.807, 2.05) is 24.3 Å². The maximum absolute atomic E-state index is 13.3. The van der Waals surface area contributed by atoms with Crippen LogP contribution in [0.5, 0.6) is 0 Å². The number of rotatable bonds is 2. The molecule has 0 radical (unpaired) electrons. The number of thioether (sulfide) groups is 1. The molecule has 2 aliphatic heterocycles. The Hall–Kier alpha value is -1.99. The Bertz CT molecular complexity index is 941. The van der Waals surface area contributed by atoms with Gasteiger partial charge in [-0.25, -0.2) is 8.42 Å². The molecular weight excluding hydrogens is 356 g/mol. The Kier molecular flexibility index (Phi) is 4.21. The molecule has 5 nitrogen and oxygen atoms in total. The van der Waals surface area contributed by atoms with E-state index in [1.165, 1.54) is 4.31 Å². The van der Waals surface area contributed by atoms with Crippen molar-refractivity contribution in [2.45, 2.75) is 29.1 Å². The molecule has 1 amide bonds. The second kappa shape index (κ2) is 6.38. The fraction of sp³-hybridized carbons (Fsp3) is 0.278. The SMILES string of the molecule is O=C1CCc2cc(S(=O)(=O)N3CCCSc4ccccc43)ccc2N1. The van der Waals surface area contributed by atoms with Gasteiger partial charge in [0.1, 0.15) is 0 Å². The second-order valence-electron chi connectivity index (χ2n) is 6.11. The molecule has 0 unspecified atom stereocenters. The largest absolute Gasteiger partial charge is 0.326 e. The number of anilines is 2. The van der Waals surface area contributed by atoms with Crippen molar-refractivity contribution >= 4 is 39.1 Å². The zero-order valence-electron chi connectivity index (χ0n) is 13.6. The second-order valence-corrected chi connectivity index (χ2v) is 9.11. The minimum atomic E-state index is -3.64. The lowest BCUT2D eigenvalue weighted by Gasteiger charge is -2.25. The van der Waals surface area contributed by atoms with Gasteiger partial charge in [0.15, 0.2) is 0 Å². The summed E-state index contributed by atoms with van der Waals surface area (Å²) in [5.41, 5.74) is 2.33. The van der Waals surface area contributed by atoms with E-state index in [4.69, 9.17) is 0 Å². The van der Waals surface area contributed by atoms with E-state index in [2.05, 4.69) is 5.32 Å². The lowest BCUT2D eigenvalue weighted by molar-refractivity contribution is -0.116. The number of carbonyl (C=O) groups is 1. The summed E-state index contributed by atoms with van der Waals surface area (Å²) in [4.78, 5) is 12.8. The van der Waals surface area contributed by atoms with Crippen molar-refractivity contribution in [3.05, 3.63) is 48.0 Å². The van der Waals surface area contributed by atoms with Crippen LogP contribution in [0.1, 0.15) is 18.4 Å². The summed E-state index contributed by atoms with van der Waals surface area (Å²) in [5.74, 6) is 0.876. The van der Waals surface area contributed by atoms with Crippen molar-refractivity contribution in [3.8, 4) is 0 Å². The van der Waals surface area contributed by atoms with Gasteiger partial charge in [-0.2, -0.15) is 0 Å². The highest BCUT2D eigenvalue weighted by Gasteiger charge is 2.29. The summed E-state index contributed by atoms with van der Waals surface area (Å²) in [6.07, 6.45) is 1.76. The highest BCUT2D eigenvalue weighted by molar-refractivity contribution is 7.99. The van der Waals surface area contributed by atoms with Crippen molar-refractivity contribution in [3.63, 3.8) is 0 Å². The molecule has 4 rings (SSSR count). The van der Waals surface area contributed by atoms with Gasteiger partial charge in [-0.15, -0.1) is 11.8 Å². The zero-order chi connectivity index (χ0) is 17.4. The highest BCUT2D eigenvalue weighted by Crippen LogP contribution is 2.37. The predicted molar refractivity (Wildman–Crippen MR) is 99.7 cm³/mol. The van der Waals surface area contributed by atoms with E-state index < -0.39 is 10.0 Å². The average Bonchev–Trinajstić information content (AvgIpc) is 2.84. The Morgan fingerprint density at radius 3 is 2.80 bits per heavy atom. The van der Waals surface area contributed by atoms with E-state index in [0.717, 1.165) is 28.3 Å². The van der Waals surface area contributed by atoms with Gasteiger partial charge in [0.05, 0.1) is 10.6 Å². The highest BCUT2D eigenvalue weighted by atomic mass is 32.2. The lowest BCUT2D eigenvalue weighted by atomic mass is 10.0. The van der Waals surface area contributed by atoms with Gasteiger partial charge in [-0.1, -0.05) is 12.1 Å². The van der Waals surface area contributed by atoms with E-state index in [9.17, 15) is 13.2 Å². The Morgan fingerprint density at radius 2 is 1.92 bits per heavy atom. The Labute approximate surface area is 151 Å². The molecule has 0 saturated heterocycles. The van der Waals surface area contributed by atoms with Crippen molar-refractivity contribution in [1.82, 2.24) is 0 Å². The molecular formula is C18H18N2O3S2. The molecule has 0 fully saturated rings. The summed E-state index contributed by atoms with van der Waals surface area (Å²) < 4.78 is 28.1. The fourth-order valence-electron chi connectivity index (χ4n) is 3.19. The summed E-state index contributed by atoms with van der Waals surface area (Å²) in [6.45, 7) is 0.472. The van der Waals surface area contributed by atoms with Gasteiger partial charge in [-0.3, -0.25) is 9.10 Å². The molecule has 0 saturated carbocycles. The van der Waals surface area contributed by atoms with Crippen LogP contribution < -0.4 is 9.62 Å². The smallest absolute Gasteiger partial charge is 0.264 e. The number of benzene rings is 2. The van der Waals surface area contributed by atoms with Crippen LogP contribution in [0, 0.1) is 0 Å². The number of fused-ring (bicyclic) bond motifs is 2. The first kappa shape index (κ1) is 16.5. The number of carbonyl (C=O) groups excluding carboxylic acids is 1. The van der Waals surface area contributed by atoms with Gasteiger partial charge in [0.25, 0.3) is 10.0 Å². The van der Waals surface area contributed by atoms with Gasteiger partial charge in [0, 0.05) is 23.5 Å². The number of hydrogen-bond acceptors (Lipinski definition) is 4. The maximum Gasteiger partial charge on any atom is 0.264 e. The quantitative estimate of drug-likeness (QED) is 0.876. The molecule has 0 atom stereocenters. The first-order chi connectivity index (χ1) is 12.1. The van der Waals surface area contributed by atoms with Crippen LogP contribution in [0.15, 0.2) is 52.3 Å². The third-order valence-electron chi connectivity index (χ3n) is 4.46. The summed E-state index contributed by atoms with van der Waals surface area (Å²) in [5, 5.41) is 2.79. The normalized spacial score (nSPS) is 17.3. The van der Waals surface area contributed by atoms with Crippen LogP contribution in [-0.4, -0.2) is 26.6 Å². The number of para-hydroxylation sites is 1. The van der Waals surface area contributed by atoms with E-state index >= 15 is 0 Å². The van der Waals surface area contributed by atoms with Crippen molar-refractivity contribution in [2.24, 2.45) is 0 Å². The van der Waals surface area contributed by atoms with E-state index in [1.54, 1.807) is 30.0 Å². The first-order valence-corrected chi connectivity index (χ1v) is 10.7. The third kappa shape index (κ3) is 3.02. The molecule has 2 aromatic carbocycles. The summed E-state index contributed by atoms with van der Waals surface area (Å²) >= 11 is 1.69. The standard InChI is InChI=1S/C18H18N2O3S2/c21-18-9-6-13-12-14(7-8-15(13)19-18)25(22,23)20-10-3-11-24-17-5-2-1-4-16(17)20/h1-2,4-5,7-8,12H,3,6,9-11H2,(H,19,21). The van der Waals surface area contributed by atoms with Crippen LogP contribution in [0.4, 0.5) is 11.4 Å². The molecule has 2 aromatic rings. The molecule has 1 N–H and O–H groups in total. The molecule has 25 heavy (non-hydrogen) atoms. The molecule has 0 aromatic heterocycles. The van der Waals surface area contributed by atoms with Crippen molar-refractivity contribution in [1.29, 1.82) is 0 Å². The number of aryl methyl sites for hydroxylation is 1. The van der Waals surface area contributed by atoms with Crippen LogP contribution in [0.25, 0.3) is 0 Å². The van der Waals surface area contributed by atoms with Crippen LogP contribution in [0.3, 0.4) is 0 Å². The van der Waals surface area contributed by atoms with Gasteiger partial charge in [0.2, 0.25) is 5.91 Å². The van der Waals surface area contributed by atoms with Crippen molar-refractivity contribution < 1.29 is 13.2 Å². The lowest BCUT2D eigenvalue weighted by Crippen LogP contribution is -2.32. The molecule has 7 heteroatoms. The molecule has 0 bridgehead atoms. The van der Waals surface area contributed by atoms with Crippen LogP contribution in [0.2, 0.25) is 0 Å². The molecule has 0 spiro atoms. The average molecular weight is 374 g/mol. The summed E-state index contributed by atoms with van der Waals surface area (Å²) in [6, 6.07) is 12.6. The fourth-order valence-corrected chi connectivity index (χ4v) is 5.82. The summed E-state index contributed by atoms with van der Waals surface area (Å²) in [7, 11) is -3.64. The minimum Gasteiger partial charge on any atom is -0.326 e. The van der Waals surface area contributed by atoms with E-state index in [-0.39, 0.29) is 10.8 Å². The third-order valence-corrected chi connectivity index (χ3v) is 7.42. The topological polar surface area (TPSA) is 66.5 Å². The predicted octanol–water partition coefficient (Wildman–Crippen LogP) is 3.26. The number of amides is 1. The van der Waals surface area contributed by atoms with Gasteiger partial charge < -0.3 is 5.32 Å². The maximum atomic E-state index is 13.3. The molecule has 2 aliphatic rings. The van der Waals surface area contributed by atoms with E-state index in [0.29, 0.717) is 25.1 Å². The first-order valence-electron chi connectivity index (χ1n) is 8.23. The van der Waals surface area contributed by atoms with Gasteiger partial charge in [-0.05, 0) is 54.5 Å². The molecule has 2 heterocycles. The zero-order valence-corrected chi connectivity index (χ0v) is 15.2. The van der Waals surface area contributed by atoms with Gasteiger partial charge >= 0.3 is 0 Å². The van der Waals surface area contributed by atoms with Crippen LogP contribution >= 0.6 is 11.8 Å². The van der Waals surface area contributed by atoms with Crippen molar-refractivity contribution in [2.75, 3.05) is 21.9 Å². The molecule has 0 aliphatic carbocycles. The number of sulfonamides is 1. The van der Waals surface area contributed by atoms with Crippen LogP contribution in [-0.2, 0) is 21.2 Å². The molecule has 130 valence electrons. The number of nitrogens with one attached hydrogen (secondary N) is 1. The minimum absolute atomic E-state index is 0.0263. The number of hydrogen-bond donors (Lipinski definition) is 1. The Balaban J connectivity index is 1.76. The number of nitrogens with zero attached hydrogens (tertiary/aromatic N) is 1.